The van der Waals surface area contributed by atoms with E-state index in [1.165, 1.54) is 12.8 Å². The first-order valence-corrected chi connectivity index (χ1v) is 8.05. The van der Waals surface area contributed by atoms with Gasteiger partial charge in [-0.1, -0.05) is 27.2 Å². The number of carbonyl (C=O) groups is 1. The summed E-state index contributed by atoms with van der Waals surface area (Å²) < 4.78 is 0. The van der Waals surface area contributed by atoms with Crippen LogP contribution in [0.2, 0.25) is 0 Å². The van der Waals surface area contributed by atoms with Gasteiger partial charge >= 0.3 is 0 Å². The first-order valence-electron chi connectivity index (χ1n) is 8.05. The van der Waals surface area contributed by atoms with Crippen molar-refractivity contribution >= 4 is 5.91 Å². The maximum atomic E-state index is 12.5. The minimum Gasteiger partial charge on any atom is -0.353 e. The Morgan fingerprint density at radius 3 is 2.37 bits per heavy atom. The summed E-state index contributed by atoms with van der Waals surface area (Å²) in [5.41, 5.74) is 6.16. The molecule has 3 nitrogen and oxygen atoms in total. The van der Waals surface area contributed by atoms with E-state index in [1.54, 1.807) is 0 Å². The van der Waals surface area contributed by atoms with Crippen LogP contribution in [0.3, 0.4) is 0 Å². The molecule has 1 amide bonds. The van der Waals surface area contributed by atoms with E-state index in [2.05, 4.69) is 26.1 Å². The first kappa shape index (κ1) is 14.8. The Balaban J connectivity index is 1.89. The highest BCUT2D eigenvalue weighted by molar-refractivity contribution is 5.80. The molecule has 3 N–H and O–H groups in total. The van der Waals surface area contributed by atoms with E-state index in [-0.39, 0.29) is 17.9 Å². The summed E-state index contributed by atoms with van der Waals surface area (Å²) in [5, 5.41) is 3.28. The minimum atomic E-state index is 0.0309. The molecule has 19 heavy (non-hydrogen) atoms. The molecule has 0 aromatic heterocycles. The molecule has 2 aliphatic carbocycles. The van der Waals surface area contributed by atoms with E-state index in [9.17, 15) is 4.79 Å². The molecule has 6 atom stereocenters. The van der Waals surface area contributed by atoms with E-state index in [4.69, 9.17) is 5.73 Å². The van der Waals surface area contributed by atoms with E-state index >= 15 is 0 Å². The molecule has 0 saturated heterocycles. The van der Waals surface area contributed by atoms with Gasteiger partial charge in [-0.15, -0.1) is 0 Å². The second-order valence-corrected chi connectivity index (χ2v) is 7.07. The predicted molar refractivity (Wildman–Crippen MR) is 78.6 cm³/mol. The molecule has 0 radical (unpaired) electrons. The Kier molecular flexibility index (Phi) is 4.88. The molecule has 110 valence electrons. The zero-order valence-electron chi connectivity index (χ0n) is 12.7. The summed E-state index contributed by atoms with van der Waals surface area (Å²) >= 11 is 0. The van der Waals surface area contributed by atoms with Crippen LogP contribution in [-0.2, 0) is 4.79 Å². The van der Waals surface area contributed by atoms with Crippen molar-refractivity contribution in [2.24, 2.45) is 29.4 Å². The third-order valence-electron chi connectivity index (χ3n) is 5.52. The van der Waals surface area contributed by atoms with Crippen molar-refractivity contribution in [1.29, 1.82) is 0 Å². The van der Waals surface area contributed by atoms with Gasteiger partial charge in [-0.05, 0) is 49.9 Å². The molecule has 2 fully saturated rings. The lowest BCUT2D eigenvalue weighted by molar-refractivity contribution is -0.129. The smallest absolute Gasteiger partial charge is 0.225 e. The standard InChI is InChI=1S/C16H30N2O/c1-10-7-8-13(9-12(10)3)18-16(19)15-11(2)5-4-6-14(15)17/h10-15H,4-9,17H2,1-3H3,(H,18,19). The molecule has 0 aromatic carbocycles. The molecular formula is C16H30N2O. The summed E-state index contributed by atoms with van der Waals surface area (Å²) in [6.45, 7) is 6.80. The molecular weight excluding hydrogens is 236 g/mol. The Labute approximate surface area is 117 Å². The summed E-state index contributed by atoms with van der Waals surface area (Å²) in [7, 11) is 0. The van der Waals surface area contributed by atoms with Crippen molar-refractivity contribution in [2.45, 2.75) is 71.4 Å². The van der Waals surface area contributed by atoms with Gasteiger partial charge in [0.25, 0.3) is 0 Å². The summed E-state index contributed by atoms with van der Waals surface area (Å²) in [4.78, 5) is 12.5. The number of rotatable bonds is 2. The van der Waals surface area contributed by atoms with Gasteiger partial charge in [0.2, 0.25) is 5.91 Å². The molecule has 2 saturated carbocycles. The van der Waals surface area contributed by atoms with Gasteiger partial charge in [0.15, 0.2) is 0 Å². The van der Waals surface area contributed by atoms with Crippen molar-refractivity contribution in [3.05, 3.63) is 0 Å². The van der Waals surface area contributed by atoms with Crippen LogP contribution in [0.4, 0.5) is 0 Å². The molecule has 0 heterocycles. The summed E-state index contributed by atoms with van der Waals surface area (Å²) in [6.07, 6.45) is 6.81. The highest BCUT2D eigenvalue weighted by Crippen LogP contribution is 2.32. The molecule has 2 aliphatic rings. The Hall–Kier alpha value is -0.570. The molecule has 0 spiro atoms. The van der Waals surface area contributed by atoms with E-state index in [0.29, 0.717) is 12.0 Å². The van der Waals surface area contributed by atoms with E-state index in [1.807, 2.05) is 0 Å². The SMILES string of the molecule is CC1CCC(NC(=O)C2C(C)CCCC2N)CC1C. The summed E-state index contributed by atoms with van der Waals surface area (Å²) in [5.74, 6) is 2.19. The topological polar surface area (TPSA) is 55.1 Å². The lowest BCUT2D eigenvalue weighted by atomic mass is 9.75. The average Bonchev–Trinajstić information content (AvgIpc) is 2.33. The second-order valence-electron chi connectivity index (χ2n) is 7.07. The molecule has 2 rings (SSSR count). The number of nitrogens with two attached hydrogens (primary N) is 1. The van der Waals surface area contributed by atoms with Crippen LogP contribution in [0.1, 0.15) is 59.3 Å². The summed E-state index contributed by atoms with van der Waals surface area (Å²) in [6, 6.07) is 0.434. The largest absolute Gasteiger partial charge is 0.353 e. The number of nitrogens with one attached hydrogen (secondary N) is 1. The fourth-order valence-electron chi connectivity index (χ4n) is 3.89. The molecule has 6 unspecified atom stereocenters. The number of carbonyl (C=O) groups excluding carboxylic acids is 1. The quantitative estimate of drug-likeness (QED) is 0.807. The lowest BCUT2D eigenvalue weighted by Gasteiger charge is -2.37. The van der Waals surface area contributed by atoms with E-state index < -0.39 is 0 Å². The van der Waals surface area contributed by atoms with Gasteiger partial charge in [0, 0.05) is 12.1 Å². The van der Waals surface area contributed by atoms with Gasteiger partial charge in [0.1, 0.15) is 0 Å². The van der Waals surface area contributed by atoms with Crippen LogP contribution >= 0.6 is 0 Å². The van der Waals surface area contributed by atoms with Gasteiger partial charge in [-0.3, -0.25) is 4.79 Å². The van der Waals surface area contributed by atoms with Crippen molar-refractivity contribution in [3.63, 3.8) is 0 Å². The van der Waals surface area contributed by atoms with Crippen LogP contribution in [0.15, 0.2) is 0 Å². The maximum Gasteiger partial charge on any atom is 0.225 e. The van der Waals surface area contributed by atoms with Crippen LogP contribution in [0.5, 0.6) is 0 Å². The van der Waals surface area contributed by atoms with Crippen molar-refractivity contribution < 1.29 is 4.79 Å². The third kappa shape index (κ3) is 3.50. The van der Waals surface area contributed by atoms with Crippen molar-refractivity contribution in [2.75, 3.05) is 0 Å². The molecule has 0 aromatic rings. The van der Waals surface area contributed by atoms with Crippen LogP contribution in [0.25, 0.3) is 0 Å². The predicted octanol–water partition coefficient (Wildman–Crippen LogP) is 2.69. The Morgan fingerprint density at radius 2 is 1.74 bits per heavy atom. The fourth-order valence-corrected chi connectivity index (χ4v) is 3.89. The van der Waals surface area contributed by atoms with Gasteiger partial charge in [-0.2, -0.15) is 0 Å². The zero-order valence-corrected chi connectivity index (χ0v) is 12.7. The van der Waals surface area contributed by atoms with Crippen LogP contribution in [0, 0.1) is 23.7 Å². The highest BCUT2D eigenvalue weighted by Gasteiger charge is 2.35. The minimum absolute atomic E-state index is 0.0309. The Bertz CT molecular complexity index is 308. The van der Waals surface area contributed by atoms with E-state index in [0.717, 1.165) is 37.5 Å². The number of amides is 1. The normalized spacial score (nSPS) is 43.8. The average molecular weight is 266 g/mol. The monoisotopic (exact) mass is 266 g/mol. The zero-order chi connectivity index (χ0) is 14.0. The number of hydrogen-bond donors (Lipinski definition) is 2. The van der Waals surface area contributed by atoms with Crippen molar-refractivity contribution in [1.82, 2.24) is 5.32 Å². The second kappa shape index (κ2) is 6.25. The van der Waals surface area contributed by atoms with Gasteiger partial charge < -0.3 is 11.1 Å². The molecule has 0 bridgehead atoms. The van der Waals surface area contributed by atoms with Gasteiger partial charge in [0.05, 0.1) is 5.92 Å². The van der Waals surface area contributed by atoms with Gasteiger partial charge in [-0.25, -0.2) is 0 Å². The van der Waals surface area contributed by atoms with Crippen LogP contribution in [-0.4, -0.2) is 18.0 Å². The first-order chi connectivity index (χ1) is 8.99. The fraction of sp³-hybridized carbons (Fsp3) is 0.938. The number of hydrogen-bond acceptors (Lipinski definition) is 2. The Morgan fingerprint density at radius 1 is 1.00 bits per heavy atom. The van der Waals surface area contributed by atoms with Crippen molar-refractivity contribution in [3.8, 4) is 0 Å². The molecule has 0 aliphatic heterocycles. The highest BCUT2D eigenvalue weighted by atomic mass is 16.2. The molecule has 3 heteroatoms. The maximum absolute atomic E-state index is 12.5. The van der Waals surface area contributed by atoms with Crippen LogP contribution < -0.4 is 11.1 Å². The third-order valence-corrected chi connectivity index (χ3v) is 5.52. The lowest BCUT2D eigenvalue weighted by Crippen LogP contribution is -2.50.